The van der Waals surface area contributed by atoms with Crippen molar-refractivity contribution >= 4 is 17.3 Å². The van der Waals surface area contributed by atoms with Crippen LogP contribution in [0.25, 0.3) is 0 Å². The Morgan fingerprint density at radius 3 is 2.32 bits per heavy atom. The first kappa shape index (κ1) is 18.1. The lowest BCUT2D eigenvalue weighted by molar-refractivity contribution is 0.0955. The third-order valence-electron chi connectivity index (χ3n) is 5.33. The summed E-state index contributed by atoms with van der Waals surface area (Å²) in [4.78, 5) is 15.3. The van der Waals surface area contributed by atoms with E-state index in [1.54, 1.807) is 7.11 Å². The molecule has 0 saturated heterocycles. The summed E-state index contributed by atoms with van der Waals surface area (Å²) in [6, 6.07) is 25.7. The number of carbonyl (C=O) groups excluding carboxylic acids is 1. The van der Waals surface area contributed by atoms with Gasteiger partial charge in [-0.3, -0.25) is 9.69 Å². The third kappa shape index (κ3) is 3.33. The molecule has 0 bridgehead atoms. The van der Waals surface area contributed by atoms with Gasteiger partial charge < -0.3 is 10.1 Å². The minimum absolute atomic E-state index is 0.00933. The zero-order valence-corrected chi connectivity index (χ0v) is 16.2. The van der Waals surface area contributed by atoms with Crippen molar-refractivity contribution in [3.63, 3.8) is 0 Å². The highest BCUT2D eigenvalue weighted by atomic mass is 16.5. The molecule has 4 nitrogen and oxygen atoms in total. The number of fused-ring (bicyclic) bond motifs is 1. The molecule has 28 heavy (non-hydrogen) atoms. The van der Waals surface area contributed by atoms with Crippen molar-refractivity contribution in [3.05, 3.63) is 90.0 Å². The van der Waals surface area contributed by atoms with Crippen LogP contribution in [0, 0.1) is 0 Å². The standard InChI is InChI=1S/C24H24N2O2/c1-24(17-16-18-8-4-3-5-9-18)25-22-11-7-6-10-21(22)23(27)26(24)19-12-14-20(28-2)15-13-19/h3-15,25H,16-17H2,1-2H3/t24-/m1/s1. The lowest BCUT2D eigenvalue weighted by atomic mass is 9.93. The zero-order valence-electron chi connectivity index (χ0n) is 16.2. The average molecular weight is 372 g/mol. The van der Waals surface area contributed by atoms with E-state index in [1.807, 2.05) is 71.6 Å². The average Bonchev–Trinajstić information content (AvgIpc) is 2.74. The zero-order chi connectivity index (χ0) is 19.6. The summed E-state index contributed by atoms with van der Waals surface area (Å²) in [6.07, 6.45) is 1.65. The van der Waals surface area contributed by atoms with Gasteiger partial charge in [-0.2, -0.15) is 0 Å². The number of carbonyl (C=O) groups is 1. The lowest BCUT2D eigenvalue weighted by Crippen LogP contribution is -2.58. The highest BCUT2D eigenvalue weighted by Gasteiger charge is 2.41. The van der Waals surface area contributed by atoms with Gasteiger partial charge in [0.05, 0.1) is 12.7 Å². The molecule has 0 saturated carbocycles. The van der Waals surface area contributed by atoms with Gasteiger partial charge in [0.2, 0.25) is 0 Å². The fourth-order valence-electron chi connectivity index (χ4n) is 3.81. The Balaban J connectivity index is 1.72. The van der Waals surface area contributed by atoms with Crippen molar-refractivity contribution in [2.45, 2.75) is 25.4 Å². The molecule has 4 rings (SSSR count). The Labute approximate surface area is 165 Å². The van der Waals surface area contributed by atoms with E-state index in [1.165, 1.54) is 5.56 Å². The lowest BCUT2D eigenvalue weighted by Gasteiger charge is -2.46. The number of ether oxygens (including phenoxy) is 1. The maximum atomic E-state index is 13.5. The fraction of sp³-hybridized carbons (Fsp3) is 0.208. The van der Waals surface area contributed by atoms with Crippen LogP contribution < -0.4 is 15.0 Å². The Morgan fingerprint density at radius 1 is 0.929 bits per heavy atom. The topological polar surface area (TPSA) is 41.6 Å². The summed E-state index contributed by atoms with van der Waals surface area (Å²) in [5.74, 6) is 0.780. The number of hydrogen-bond acceptors (Lipinski definition) is 3. The minimum atomic E-state index is -0.546. The van der Waals surface area contributed by atoms with Gasteiger partial charge in [0, 0.05) is 11.4 Å². The second kappa shape index (κ2) is 7.39. The first-order valence-corrected chi connectivity index (χ1v) is 9.50. The molecule has 0 radical (unpaired) electrons. The molecule has 0 aromatic heterocycles. The molecule has 142 valence electrons. The molecule has 0 aliphatic carbocycles. The molecule has 4 heteroatoms. The second-order valence-electron chi connectivity index (χ2n) is 7.27. The number of anilines is 2. The van der Waals surface area contributed by atoms with Gasteiger partial charge in [0.25, 0.3) is 5.91 Å². The predicted octanol–water partition coefficient (Wildman–Crippen LogP) is 5.12. The van der Waals surface area contributed by atoms with Gasteiger partial charge in [-0.15, -0.1) is 0 Å². The largest absolute Gasteiger partial charge is 0.497 e. The minimum Gasteiger partial charge on any atom is -0.497 e. The number of aryl methyl sites for hydroxylation is 1. The number of para-hydroxylation sites is 1. The van der Waals surface area contributed by atoms with Gasteiger partial charge in [-0.05, 0) is 61.7 Å². The van der Waals surface area contributed by atoms with E-state index in [0.717, 1.165) is 30.0 Å². The Kier molecular flexibility index (Phi) is 4.78. The Morgan fingerprint density at radius 2 is 1.61 bits per heavy atom. The number of nitrogens with zero attached hydrogens (tertiary/aromatic N) is 1. The Hall–Kier alpha value is -3.27. The first-order chi connectivity index (χ1) is 13.6. The van der Waals surface area contributed by atoms with Crippen molar-refractivity contribution in [2.24, 2.45) is 0 Å². The van der Waals surface area contributed by atoms with E-state index in [4.69, 9.17) is 4.74 Å². The van der Waals surface area contributed by atoms with Crippen LogP contribution in [-0.4, -0.2) is 18.7 Å². The summed E-state index contributed by atoms with van der Waals surface area (Å²) in [7, 11) is 1.64. The summed E-state index contributed by atoms with van der Waals surface area (Å²) < 4.78 is 5.28. The highest BCUT2D eigenvalue weighted by Crippen LogP contribution is 2.37. The van der Waals surface area contributed by atoms with Gasteiger partial charge >= 0.3 is 0 Å². The maximum Gasteiger partial charge on any atom is 0.262 e. The van der Waals surface area contributed by atoms with E-state index in [2.05, 4.69) is 24.4 Å². The van der Waals surface area contributed by atoms with Crippen molar-refractivity contribution in [2.75, 3.05) is 17.3 Å². The molecular weight excluding hydrogens is 348 g/mol. The van der Waals surface area contributed by atoms with Crippen LogP contribution in [0.5, 0.6) is 5.75 Å². The quantitative estimate of drug-likeness (QED) is 0.676. The monoisotopic (exact) mass is 372 g/mol. The number of nitrogens with one attached hydrogen (secondary N) is 1. The van der Waals surface area contributed by atoms with E-state index >= 15 is 0 Å². The summed E-state index contributed by atoms with van der Waals surface area (Å²) >= 11 is 0. The molecule has 0 spiro atoms. The smallest absolute Gasteiger partial charge is 0.262 e. The molecule has 3 aromatic rings. The van der Waals surface area contributed by atoms with E-state index in [-0.39, 0.29) is 5.91 Å². The van der Waals surface area contributed by atoms with Crippen LogP contribution in [0.2, 0.25) is 0 Å². The van der Waals surface area contributed by atoms with Crippen LogP contribution in [-0.2, 0) is 6.42 Å². The Bertz CT molecular complexity index is 969. The number of amides is 1. The molecule has 3 aromatic carbocycles. The van der Waals surface area contributed by atoms with Gasteiger partial charge in [-0.25, -0.2) is 0 Å². The van der Waals surface area contributed by atoms with E-state index in [0.29, 0.717) is 5.56 Å². The van der Waals surface area contributed by atoms with E-state index < -0.39 is 5.66 Å². The predicted molar refractivity (Wildman–Crippen MR) is 113 cm³/mol. The van der Waals surface area contributed by atoms with E-state index in [9.17, 15) is 4.79 Å². The second-order valence-corrected chi connectivity index (χ2v) is 7.27. The molecule has 1 N–H and O–H groups in total. The van der Waals surface area contributed by atoms with Crippen molar-refractivity contribution in [1.82, 2.24) is 0 Å². The fourth-order valence-corrected chi connectivity index (χ4v) is 3.81. The first-order valence-electron chi connectivity index (χ1n) is 9.50. The SMILES string of the molecule is COc1ccc(N2C(=O)c3ccccc3N[C@@]2(C)CCc2ccccc2)cc1. The number of methoxy groups -OCH3 is 1. The molecule has 0 fully saturated rings. The van der Waals surface area contributed by atoms with Crippen molar-refractivity contribution in [3.8, 4) is 5.75 Å². The molecule has 1 aliphatic heterocycles. The number of benzene rings is 3. The molecular formula is C24H24N2O2. The highest BCUT2D eigenvalue weighted by molar-refractivity contribution is 6.12. The molecule has 0 unspecified atom stereocenters. The van der Waals surface area contributed by atoms with Crippen LogP contribution in [0.15, 0.2) is 78.9 Å². The molecule has 1 atom stereocenters. The maximum absolute atomic E-state index is 13.5. The number of hydrogen-bond donors (Lipinski definition) is 1. The summed E-state index contributed by atoms with van der Waals surface area (Å²) in [6.45, 7) is 2.09. The molecule has 1 amide bonds. The van der Waals surface area contributed by atoms with Crippen molar-refractivity contribution < 1.29 is 9.53 Å². The normalized spacial score (nSPS) is 18.4. The summed E-state index contributed by atoms with van der Waals surface area (Å²) in [5, 5.41) is 3.63. The third-order valence-corrected chi connectivity index (χ3v) is 5.33. The van der Waals surface area contributed by atoms with Crippen molar-refractivity contribution in [1.29, 1.82) is 0 Å². The number of rotatable bonds is 5. The van der Waals surface area contributed by atoms with Gasteiger partial charge in [0.1, 0.15) is 11.4 Å². The van der Waals surface area contributed by atoms with Crippen LogP contribution in [0.1, 0.15) is 29.3 Å². The van der Waals surface area contributed by atoms with Crippen LogP contribution in [0.3, 0.4) is 0 Å². The van der Waals surface area contributed by atoms with Gasteiger partial charge in [-0.1, -0.05) is 42.5 Å². The molecule has 1 aliphatic rings. The van der Waals surface area contributed by atoms with Gasteiger partial charge in [0.15, 0.2) is 0 Å². The summed E-state index contributed by atoms with van der Waals surface area (Å²) in [5.41, 5.74) is 3.13. The van der Waals surface area contributed by atoms with Crippen LogP contribution in [0.4, 0.5) is 11.4 Å². The van der Waals surface area contributed by atoms with Crippen LogP contribution >= 0.6 is 0 Å². The molecule has 1 heterocycles.